The van der Waals surface area contributed by atoms with Gasteiger partial charge in [-0.25, -0.2) is 0 Å². The van der Waals surface area contributed by atoms with Crippen LogP contribution in [0.5, 0.6) is 23.0 Å². The maximum atomic E-state index is 13.8. The zero-order valence-electron chi connectivity index (χ0n) is 35.3. The topological polar surface area (TPSA) is 141 Å². The summed E-state index contributed by atoms with van der Waals surface area (Å²) >= 11 is 0. The van der Waals surface area contributed by atoms with Gasteiger partial charge in [-0.15, -0.1) is 0 Å². The minimum atomic E-state index is -2.53. The molecule has 0 saturated heterocycles. The molecule has 1 saturated carbocycles. The number of carbonyl (C=O) groups is 2. The minimum Gasteiger partial charge on any atom is -0.497 e. The Kier molecular flexibility index (Phi) is 13.0. The van der Waals surface area contributed by atoms with Crippen molar-refractivity contribution in [2.24, 2.45) is 11.8 Å². The van der Waals surface area contributed by atoms with Gasteiger partial charge in [0.25, 0.3) is 0 Å². The van der Waals surface area contributed by atoms with E-state index >= 15 is 0 Å². The van der Waals surface area contributed by atoms with E-state index in [1.165, 1.54) is 0 Å². The number of esters is 1. The van der Waals surface area contributed by atoms with E-state index < -0.39 is 59.3 Å². The molecule has 0 bridgehead atoms. The Morgan fingerprint density at radius 3 is 1.23 bits per heavy atom. The molecule has 0 radical (unpaired) electrons. The molecule has 1 fully saturated rings. The fourth-order valence-corrected chi connectivity index (χ4v) is 9.78. The summed E-state index contributed by atoms with van der Waals surface area (Å²) in [6.07, 6.45) is -2.71. The predicted molar refractivity (Wildman–Crippen MR) is 235 cm³/mol. The van der Waals surface area contributed by atoms with Crippen LogP contribution in [-0.2, 0) is 25.2 Å². The molecule has 0 spiro atoms. The average Bonchev–Trinajstić information content (AvgIpc) is 3.31. The number of methoxy groups -OCH3 is 4. The van der Waals surface area contributed by atoms with Gasteiger partial charge >= 0.3 is 11.9 Å². The summed E-state index contributed by atoms with van der Waals surface area (Å²) < 4.78 is 28.6. The molecule has 0 aliphatic heterocycles. The lowest BCUT2D eigenvalue weighted by Crippen LogP contribution is -2.62. The number of aliphatic hydroxyl groups excluding tert-OH is 1. The van der Waals surface area contributed by atoms with E-state index in [9.17, 15) is 24.9 Å². The van der Waals surface area contributed by atoms with Gasteiger partial charge in [0.2, 0.25) is 5.79 Å². The van der Waals surface area contributed by atoms with Crippen molar-refractivity contribution in [3.8, 4) is 23.0 Å². The van der Waals surface area contributed by atoms with Crippen LogP contribution < -0.4 is 18.9 Å². The van der Waals surface area contributed by atoms with Crippen LogP contribution in [0.15, 0.2) is 158 Å². The quantitative estimate of drug-likeness (QED) is 0.0494. The molecule has 2 unspecified atom stereocenters. The van der Waals surface area contributed by atoms with Crippen molar-refractivity contribution in [1.82, 2.24) is 0 Å². The van der Waals surface area contributed by atoms with Crippen molar-refractivity contribution in [3.05, 3.63) is 191 Å². The van der Waals surface area contributed by atoms with Crippen LogP contribution >= 0.6 is 0 Å². The number of carbonyl (C=O) groups excluding carboxylic acids is 1. The van der Waals surface area contributed by atoms with Gasteiger partial charge in [-0.3, -0.25) is 9.59 Å². The van der Waals surface area contributed by atoms with Crippen molar-refractivity contribution >= 4 is 11.9 Å². The Labute approximate surface area is 362 Å². The third-order valence-electron chi connectivity index (χ3n) is 12.6. The van der Waals surface area contributed by atoms with Crippen molar-refractivity contribution in [1.29, 1.82) is 0 Å². The first-order chi connectivity index (χ1) is 30.0. The first-order valence-electron chi connectivity index (χ1n) is 20.6. The van der Waals surface area contributed by atoms with Gasteiger partial charge < -0.3 is 39.0 Å². The number of aliphatic carboxylic acids is 1. The van der Waals surface area contributed by atoms with E-state index in [0.717, 1.165) is 33.4 Å². The van der Waals surface area contributed by atoms with Gasteiger partial charge in [-0.2, -0.15) is 0 Å². The highest BCUT2D eigenvalue weighted by atomic mass is 16.7. The molecule has 0 aromatic heterocycles. The van der Waals surface area contributed by atoms with Crippen LogP contribution in [0.4, 0.5) is 0 Å². The van der Waals surface area contributed by atoms with Crippen molar-refractivity contribution in [2.75, 3.05) is 28.4 Å². The lowest BCUT2D eigenvalue weighted by Gasteiger charge is -2.56. The number of hydrogen-bond donors (Lipinski definition) is 3. The fraction of sp³-hybridized carbons (Fsp3) is 0.269. The van der Waals surface area contributed by atoms with Crippen LogP contribution in [-0.4, -0.2) is 67.6 Å². The number of rotatable bonds is 16. The molecule has 320 valence electrons. The Morgan fingerprint density at radius 1 is 0.532 bits per heavy atom. The maximum absolute atomic E-state index is 13.8. The van der Waals surface area contributed by atoms with Crippen LogP contribution in [0.3, 0.4) is 0 Å². The third-order valence-corrected chi connectivity index (χ3v) is 12.6. The summed E-state index contributed by atoms with van der Waals surface area (Å²) in [5.74, 6) is -3.69. The second-order valence-corrected chi connectivity index (χ2v) is 15.7. The molecule has 3 N–H and O–H groups in total. The molecule has 1 aliphatic rings. The monoisotopic (exact) mass is 836 g/mol. The summed E-state index contributed by atoms with van der Waals surface area (Å²) in [6.45, 7) is 0. The SMILES string of the molecule is COc1ccc(C(c2ccccc2)(c2ccc(OC)cc2)C2C[C@@H](C(c3ccccc3)(c3ccc(OC)cc3)c3ccc(OC)cc3)[C@@H](O)C(O)(OC(=O)CCC(=O)O)C2)cc1. The molecule has 4 atom stereocenters. The standard InChI is InChI=1S/C52H52O10/c1-58-42-23-15-37(16-24-42)51(35-11-7-5-8-12-35,38-17-25-43(59-2)26-18-38)41-33-46(49(56)50(57,34-41)62-48(55)32-31-47(53)54)52(36-13-9-6-10-14-36,39-19-27-44(60-3)28-20-39)40-21-29-45(61-4)30-22-40/h5-30,41,46,49,56-57H,31-34H2,1-4H3,(H,53,54)/t41?,46-,49-,50?/m1/s1. The Hall–Kier alpha value is -6.62. The fourth-order valence-electron chi connectivity index (χ4n) is 9.78. The number of benzene rings is 6. The summed E-state index contributed by atoms with van der Waals surface area (Å²) in [5, 5.41) is 35.9. The number of carboxylic acid groups (broad SMARTS) is 1. The zero-order chi connectivity index (χ0) is 43.9. The molecule has 0 heterocycles. The second-order valence-electron chi connectivity index (χ2n) is 15.7. The number of aliphatic hydroxyl groups is 2. The smallest absolute Gasteiger partial charge is 0.308 e. The highest BCUT2D eigenvalue weighted by Crippen LogP contribution is 2.60. The largest absolute Gasteiger partial charge is 0.497 e. The Balaban J connectivity index is 1.59. The van der Waals surface area contributed by atoms with Crippen LogP contribution in [0.1, 0.15) is 59.1 Å². The van der Waals surface area contributed by atoms with E-state index in [1.807, 2.05) is 158 Å². The van der Waals surface area contributed by atoms with Gasteiger partial charge in [-0.1, -0.05) is 109 Å². The number of ether oxygens (including phenoxy) is 5. The van der Waals surface area contributed by atoms with E-state index in [4.69, 9.17) is 23.7 Å². The second kappa shape index (κ2) is 18.6. The Bertz CT molecular complexity index is 2310. The third kappa shape index (κ3) is 8.11. The zero-order valence-corrected chi connectivity index (χ0v) is 35.3. The van der Waals surface area contributed by atoms with Gasteiger partial charge in [0, 0.05) is 17.8 Å². The minimum absolute atomic E-state index is 0.230. The van der Waals surface area contributed by atoms with Gasteiger partial charge in [0.15, 0.2) is 0 Å². The van der Waals surface area contributed by atoms with Crippen molar-refractivity contribution in [2.45, 2.75) is 48.4 Å². The molecule has 0 amide bonds. The van der Waals surface area contributed by atoms with Crippen LogP contribution in [0.2, 0.25) is 0 Å². The maximum Gasteiger partial charge on any atom is 0.308 e. The number of carboxylic acids is 1. The average molecular weight is 837 g/mol. The van der Waals surface area contributed by atoms with E-state index in [1.54, 1.807) is 28.4 Å². The highest BCUT2D eigenvalue weighted by Gasteiger charge is 2.62. The van der Waals surface area contributed by atoms with Gasteiger partial charge in [0.1, 0.15) is 29.1 Å². The van der Waals surface area contributed by atoms with Gasteiger partial charge in [-0.05, 0) is 94.3 Å². The first kappa shape index (κ1) is 43.5. The Morgan fingerprint density at radius 2 is 0.871 bits per heavy atom. The molecular formula is C52H52O10. The van der Waals surface area contributed by atoms with Crippen LogP contribution in [0.25, 0.3) is 0 Å². The lowest BCUT2D eigenvalue weighted by atomic mass is 9.50. The van der Waals surface area contributed by atoms with E-state index in [-0.39, 0.29) is 12.8 Å². The van der Waals surface area contributed by atoms with E-state index in [0.29, 0.717) is 23.0 Å². The molecule has 1 aliphatic carbocycles. The predicted octanol–water partition coefficient (Wildman–Crippen LogP) is 8.57. The summed E-state index contributed by atoms with van der Waals surface area (Å²) in [4.78, 5) is 25.4. The van der Waals surface area contributed by atoms with Crippen molar-refractivity contribution < 1.29 is 48.6 Å². The van der Waals surface area contributed by atoms with Crippen LogP contribution in [0, 0.1) is 11.8 Å². The normalized spacial score (nSPS) is 18.9. The highest BCUT2D eigenvalue weighted by molar-refractivity contribution is 5.76. The summed E-state index contributed by atoms with van der Waals surface area (Å²) in [7, 11) is 6.41. The molecular weight excluding hydrogens is 785 g/mol. The van der Waals surface area contributed by atoms with Crippen molar-refractivity contribution in [3.63, 3.8) is 0 Å². The number of hydrogen-bond acceptors (Lipinski definition) is 9. The molecule has 7 rings (SSSR count). The molecule has 62 heavy (non-hydrogen) atoms. The summed E-state index contributed by atoms with van der Waals surface area (Å²) in [5.41, 5.74) is 2.63. The molecule has 10 nitrogen and oxygen atoms in total. The first-order valence-corrected chi connectivity index (χ1v) is 20.6. The molecule has 6 aromatic carbocycles. The van der Waals surface area contributed by atoms with E-state index in [2.05, 4.69) is 0 Å². The molecule has 6 aromatic rings. The summed E-state index contributed by atoms with van der Waals surface area (Å²) in [6, 6.07) is 50.7. The lowest BCUT2D eigenvalue weighted by molar-refractivity contribution is -0.283. The molecule has 10 heteroatoms. The van der Waals surface area contributed by atoms with Gasteiger partial charge in [0.05, 0.1) is 46.7 Å².